The minimum absolute atomic E-state index is 0.0245. The summed E-state index contributed by atoms with van der Waals surface area (Å²) in [5.74, 6) is 0.183. The summed E-state index contributed by atoms with van der Waals surface area (Å²) in [7, 11) is 0. The SMILES string of the molecule is CC(=O)N1CC[C@H]2OCCN(c3cc(C(F)F)c(-c4ccc(C)cc4O)nn3)[C@H]2C1. The second-order valence-corrected chi connectivity index (χ2v) is 7.75. The van der Waals surface area contributed by atoms with Crippen LogP contribution in [-0.2, 0) is 9.53 Å². The number of alkyl halides is 2. The van der Waals surface area contributed by atoms with E-state index < -0.39 is 6.43 Å². The predicted octanol–water partition coefficient (Wildman–Crippen LogP) is 2.92. The maximum Gasteiger partial charge on any atom is 0.266 e. The van der Waals surface area contributed by atoms with Crippen molar-refractivity contribution in [3.05, 3.63) is 35.4 Å². The van der Waals surface area contributed by atoms with Crippen LogP contribution in [0.25, 0.3) is 11.3 Å². The molecule has 2 saturated heterocycles. The van der Waals surface area contributed by atoms with Gasteiger partial charge in [0.2, 0.25) is 5.91 Å². The van der Waals surface area contributed by atoms with Gasteiger partial charge in [-0.25, -0.2) is 8.78 Å². The van der Waals surface area contributed by atoms with Gasteiger partial charge in [-0.1, -0.05) is 6.07 Å². The molecule has 1 aromatic heterocycles. The molecule has 0 bridgehead atoms. The summed E-state index contributed by atoms with van der Waals surface area (Å²) in [6, 6.07) is 5.96. The number of likely N-dealkylation sites (tertiary alicyclic amines) is 1. The smallest absolute Gasteiger partial charge is 0.266 e. The number of carbonyl (C=O) groups is 1. The Hall–Kier alpha value is -2.81. The highest BCUT2D eigenvalue weighted by Gasteiger charge is 2.39. The number of phenolic OH excluding ortho intramolecular Hbond substituents is 1. The Morgan fingerprint density at radius 1 is 1.27 bits per heavy atom. The van der Waals surface area contributed by atoms with E-state index in [4.69, 9.17) is 4.74 Å². The van der Waals surface area contributed by atoms with Gasteiger partial charge in [0, 0.05) is 37.7 Å². The average Bonchev–Trinajstić information content (AvgIpc) is 2.72. The van der Waals surface area contributed by atoms with Crippen LogP contribution >= 0.6 is 0 Å². The second kappa shape index (κ2) is 8.14. The molecule has 1 aromatic carbocycles. The number of aromatic nitrogens is 2. The first-order chi connectivity index (χ1) is 14.3. The summed E-state index contributed by atoms with van der Waals surface area (Å²) in [6.45, 7) is 5.31. The molecule has 2 aliphatic heterocycles. The highest BCUT2D eigenvalue weighted by molar-refractivity contribution is 5.73. The number of nitrogens with zero attached hydrogens (tertiary/aromatic N) is 4. The molecule has 9 heteroatoms. The number of amides is 1. The maximum atomic E-state index is 13.9. The third-order valence-electron chi connectivity index (χ3n) is 5.78. The standard InChI is InChI=1S/C21H24F2N4O3/c1-12-3-4-14(17(29)9-12)20-15(21(22)23)10-19(24-25-20)27-7-8-30-18-5-6-26(13(2)28)11-16(18)27/h3-4,9-10,16,18,21,29H,5-8,11H2,1-2H3/t16-,18+/m0/s1. The quantitative estimate of drug-likeness (QED) is 0.826. The van der Waals surface area contributed by atoms with E-state index in [1.807, 2.05) is 4.90 Å². The Balaban J connectivity index is 1.70. The molecule has 0 saturated carbocycles. The Morgan fingerprint density at radius 3 is 2.77 bits per heavy atom. The molecule has 1 N–H and O–H groups in total. The van der Waals surface area contributed by atoms with Gasteiger partial charge in [0.05, 0.1) is 18.8 Å². The van der Waals surface area contributed by atoms with Crippen molar-refractivity contribution in [2.24, 2.45) is 0 Å². The number of hydrogen-bond acceptors (Lipinski definition) is 6. The number of piperidine rings is 1. The van der Waals surface area contributed by atoms with Crippen molar-refractivity contribution in [3.8, 4) is 17.0 Å². The first kappa shape index (κ1) is 20.5. The number of fused-ring (bicyclic) bond motifs is 1. The Bertz CT molecular complexity index is 956. The van der Waals surface area contributed by atoms with Crippen LogP contribution in [0.15, 0.2) is 24.3 Å². The highest BCUT2D eigenvalue weighted by atomic mass is 19.3. The first-order valence-electron chi connectivity index (χ1n) is 9.94. The molecule has 3 heterocycles. The van der Waals surface area contributed by atoms with E-state index in [1.165, 1.54) is 19.1 Å². The lowest BCUT2D eigenvalue weighted by molar-refractivity contribution is -0.133. The summed E-state index contributed by atoms with van der Waals surface area (Å²) < 4.78 is 33.7. The summed E-state index contributed by atoms with van der Waals surface area (Å²) >= 11 is 0. The predicted molar refractivity (Wildman–Crippen MR) is 107 cm³/mol. The molecule has 2 fully saturated rings. The van der Waals surface area contributed by atoms with E-state index in [2.05, 4.69) is 10.2 Å². The number of hydrogen-bond donors (Lipinski definition) is 1. The number of anilines is 1. The minimum atomic E-state index is -2.79. The van der Waals surface area contributed by atoms with Gasteiger partial charge in [-0.2, -0.15) is 0 Å². The zero-order valence-electron chi connectivity index (χ0n) is 16.9. The third kappa shape index (κ3) is 3.81. The van der Waals surface area contributed by atoms with Crippen molar-refractivity contribution in [1.82, 2.24) is 15.1 Å². The van der Waals surface area contributed by atoms with Crippen LogP contribution < -0.4 is 4.90 Å². The second-order valence-electron chi connectivity index (χ2n) is 7.75. The van der Waals surface area contributed by atoms with E-state index >= 15 is 0 Å². The van der Waals surface area contributed by atoms with E-state index in [9.17, 15) is 18.7 Å². The number of rotatable bonds is 3. The largest absolute Gasteiger partial charge is 0.507 e. The fraction of sp³-hybridized carbons (Fsp3) is 0.476. The molecular formula is C21H24F2N4O3. The van der Waals surface area contributed by atoms with Crippen LogP contribution in [0, 0.1) is 6.92 Å². The summed E-state index contributed by atoms with van der Waals surface area (Å²) in [6.07, 6.45) is -2.19. The lowest BCUT2D eigenvalue weighted by atomic mass is 9.98. The average molecular weight is 418 g/mol. The molecule has 7 nitrogen and oxygen atoms in total. The first-order valence-corrected chi connectivity index (χ1v) is 9.94. The highest BCUT2D eigenvalue weighted by Crippen LogP contribution is 2.37. The van der Waals surface area contributed by atoms with Crippen molar-refractivity contribution < 1.29 is 23.4 Å². The lowest BCUT2D eigenvalue weighted by Gasteiger charge is -2.47. The summed E-state index contributed by atoms with van der Waals surface area (Å²) in [4.78, 5) is 15.5. The monoisotopic (exact) mass is 418 g/mol. The van der Waals surface area contributed by atoms with Gasteiger partial charge in [0.1, 0.15) is 11.4 Å². The molecule has 2 aromatic rings. The van der Waals surface area contributed by atoms with Crippen molar-refractivity contribution >= 4 is 11.7 Å². The van der Waals surface area contributed by atoms with E-state index in [0.29, 0.717) is 38.5 Å². The molecule has 160 valence electrons. The number of benzene rings is 1. The molecule has 2 atom stereocenters. The zero-order valence-corrected chi connectivity index (χ0v) is 16.9. The Morgan fingerprint density at radius 2 is 2.07 bits per heavy atom. The number of morpholine rings is 1. The van der Waals surface area contributed by atoms with Gasteiger partial charge in [0.15, 0.2) is 5.82 Å². The minimum Gasteiger partial charge on any atom is -0.507 e. The third-order valence-corrected chi connectivity index (χ3v) is 5.78. The number of aryl methyl sites for hydroxylation is 1. The van der Waals surface area contributed by atoms with Crippen LogP contribution in [0.1, 0.15) is 30.9 Å². The van der Waals surface area contributed by atoms with Crippen molar-refractivity contribution in [3.63, 3.8) is 0 Å². The normalized spacial score (nSPS) is 21.6. The van der Waals surface area contributed by atoms with Crippen LogP contribution in [0.2, 0.25) is 0 Å². The summed E-state index contributed by atoms with van der Waals surface area (Å²) in [5.41, 5.74) is 0.702. The molecule has 30 heavy (non-hydrogen) atoms. The topological polar surface area (TPSA) is 78.8 Å². The van der Waals surface area contributed by atoms with Gasteiger partial charge in [-0.3, -0.25) is 4.79 Å². The van der Waals surface area contributed by atoms with Crippen LogP contribution in [0.5, 0.6) is 5.75 Å². The van der Waals surface area contributed by atoms with Gasteiger partial charge in [-0.15, -0.1) is 10.2 Å². The molecule has 0 aliphatic carbocycles. The number of ether oxygens (including phenoxy) is 1. The lowest BCUT2D eigenvalue weighted by Crippen LogP contribution is -2.61. The molecular weight excluding hydrogens is 394 g/mol. The Labute approximate surface area is 173 Å². The van der Waals surface area contributed by atoms with E-state index in [1.54, 1.807) is 24.0 Å². The van der Waals surface area contributed by atoms with E-state index in [-0.39, 0.29) is 40.6 Å². The van der Waals surface area contributed by atoms with Crippen LogP contribution in [0.3, 0.4) is 0 Å². The van der Waals surface area contributed by atoms with Gasteiger partial charge < -0.3 is 19.6 Å². The van der Waals surface area contributed by atoms with Crippen molar-refractivity contribution in [2.45, 2.75) is 38.8 Å². The molecule has 4 rings (SSSR count). The molecule has 2 aliphatic rings. The van der Waals surface area contributed by atoms with Gasteiger partial charge in [0.25, 0.3) is 6.43 Å². The number of halogens is 2. The zero-order chi connectivity index (χ0) is 21.4. The Kier molecular flexibility index (Phi) is 5.55. The van der Waals surface area contributed by atoms with Crippen LogP contribution in [-0.4, -0.2) is 64.5 Å². The number of aromatic hydroxyl groups is 1. The fourth-order valence-corrected chi connectivity index (χ4v) is 4.20. The molecule has 0 radical (unpaired) electrons. The fourth-order valence-electron chi connectivity index (χ4n) is 4.20. The maximum absolute atomic E-state index is 13.9. The van der Waals surface area contributed by atoms with Crippen molar-refractivity contribution in [1.29, 1.82) is 0 Å². The summed E-state index contributed by atoms with van der Waals surface area (Å²) in [5, 5.41) is 18.5. The van der Waals surface area contributed by atoms with Gasteiger partial charge in [-0.05, 0) is 37.1 Å². The number of phenols is 1. The molecule has 1 amide bonds. The van der Waals surface area contributed by atoms with Crippen LogP contribution in [0.4, 0.5) is 14.6 Å². The molecule has 0 spiro atoms. The molecule has 0 unspecified atom stereocenters. The number of carbonyl (C=O) groups excluding carboxylic acids is 1. The van der Waals surface area contributed by atoms with E-state index in [0.717, 1.165) is 5.56 Å². The van der Waals surface area contributed by atoms with Gasteiger partial charge >= 0.3 is 0 Å². The van der Waals surface area contributed by atoms with Crippen molar-refractivity contribution in [2.75, 3.05) is 31.1 Å².